The second-order valence-electron chi connectivity index (χ2n) is 9.41. The zero-order valence-corrected chi connectivity index (χ0v) is 20.9. The third-order valence-electron chi connectivity index (χ3n) is 6.90. The smallest absolute Gasteiger partial charge is 0.200 e. The van der Waals surface area contributed by atoms with Crippen LogP contribution in [0.15, 0.2) is 143 Å². The van der Waals surface area contributed by atoms with E-state index >= 15 is 0 Å². The van der Waals surface area contributed by atoms with Crippen LogP contribution >= 0.6 is 0 Å². The number of benzene rings is 5. The van der Waals surface area contributed by atoms with E-state index in [4.69, 9.17) is 14.4 Å². The monoisotopic (exact) mass is 502 g/mol. The molecule has 5 aromatic carbocycles. The highest BCUT2D eigenvalue weighted by Crippen LogP contribution is 2.31. The van der Waals surface area contributed by atoms with E-state index in [1.54, 1.807) is 6.07 Å². The zero-order chi connectivity index (χ0) is 26.2. The van der Waals surface area contributed by atoms with Crippen LogP contribution in [0.1, 0.15) is 0 Å². The molecule has 2 heterocycles. The van der Waals surface area contributed by atoms with Gasteiger partial charge in [0.25, 0.3) is 0 Å². The second-order valence-corrected chi connectivity index (χ2v) is 9.41. The third-order valence-corrected chi connectivity index (χ3v) is 6.90. The fourth-order valence-electron chi connectivity index (χ4n) is 4.91. The Hall–Kier alpha value is -5.35. The van der Waals surface area contributed by atoms with E-state index in [0.29, 0.717) is 27.8 Å². The Morgan fingerprint density at radius 3 is 1.82 bits per heavy atom. The van der Waals surface area contributed by atoms with Gasteiger partial charge >= 0.3 is 0 Å². The Kier molecular flexibility index (Phi) is 5.56. The van der Waals surface area contributed by atoms with E-state index in [1.807, 2.05) is 103 Å². The van der Waals surface area contributed by atoms with Crippen LogP contribution in [0.5, 0.6) is 0 Å². The second kappa shape index (κ2) is 9.51. The first-order chi connectivity index (χ1) is 19.2. The maximum atomic E-state index is 13.2. The summed E-state index contributed by atoms with van der Waals surface area (Å²) in [5.74, 6) is 0.674. The van der Waals surface area contributed by atoms with Gasteiger partial charge in [-0.15, -0.1) is 0 Å². The molecule has 2 aromatic heterocycles. The molecule has 0 spiro atoms. The fraction of sp³-hybridized carbons (Fsp3) is 0. The summed E-state index contributed by atoms with van der Waals surface area (Å²) in [6.45, 7) is 0. The predicted molar refractivity (Wildman–Crippen MR) is 157 cm³/mol. The van der Waals surface area contributed by atoms with Gasteiger partial charge < -0.3 is 4.42 Å². The first-order valence-corrected chi connectivity index (χ1v) is 12.8. The average Bonchev–Trinajstić information content (AvgIpc) is 3.02. The van der Waals surface area contributed by atoms with Gasteiger partial charge in [0.15, 0.2) is 5.82 Å². The molecule has 0 N–H and O–H groups in total. The largest absolute Gasteiger partial charge is 0.456 e. The number of para-hydroxylation sites is 1. The summed E-state index contributed by atoms with van der Waals surface area (Å²) in [7, 11) is 0. The van der Waals surface area contributed by atoms with Crippen LogP contribution in [0.3, 0.4) is 0 Å². The van der Waals surface area contributed by atoms with Gasteiger partial charge in [-0.2, -0.15) is 0 Å². The molecule has 0 aliphatic rings. The summed E-state index contributed by atoms with van der Waals surface area (Å²) in [6, 6.07) is 43.5. The summed E-state index contributed by atoms with van der Waals surface area (Å²) in [4.78, 5) is 23.1. The van der Waals surface area contributed by atoms with E-state index in [-0.39, 0.29) is 5.43 Å². The Labute approximate surface area is 224 Å². The number of hydrogen-bond acceptors (Lipinski definition) is 4. The molecule has 0 bridgehead atoms. The quantitative estimate of drug-likeness (QED) is 0.227. The standard InChI is InChI=1S/C35H22N2O2/c38-34-28-16-7-8-17-32(28)39-33-19-18-26(21-29(33)34)25-14-9-15-27(20-25)31-22-30(23-10-3-1-4-11-23)36-35(37-31)24-12-5-2-6-13-24/h1-22H. The van der Waals surface area contributed by atoms with Gasteiger partial charge in [0.1, 0.15) is 11.2 Å². The van der Waals surface area contributed by atoms with Crippen LogP contribution in [0.4, 0.5) is 0 Å². The van der Waals surface area contributed by atoms with Crippen LogP contribution in [0.2, 0.25) is 0 Å². The number of rotatable bonds is 4. The Morgan fingerprint density at radius 1 is 0.436 bits per heavy atom. The number of fused-ring (bicyclic) bond motifs is 2. The minimum Gasteiger partial charge on any atom is -0.456 e. The van der Waals surface area contributed by atoms with Crippen LogP contribution < -0.4 is 5.43 Å². The third kappa shape index (κ3) is 4.28. The molecule has 0 amide bonds. The topological polar surface area (TPSA) is 56.0 Å². The lowest BCUT2D eigenvalue weighted by Gasteiger charge is -2.11. The molecule has 0 fully saturated rings. The first-order valence-electron chi connectivity index (χ1n) is 12.8. The van der Waals surface area contributed by atoms with Crippen molar-refractivity contribution in [3.63, 3.8) is 0 Å². The summed E-state index contributed by atoms with van der Waals surface area (Å²) >= 11 is 0. The molecule has 0 unspecified atom stereocenters. The highest BCUT2D eigenvalue weighted by molar-refractivity contribution is 5.92. The van der Waals surface area contributed by atoms with Crippen molar-refractivity contribution in [2.45, 2.75) is 0 Å². The normalized spacial score (nSPS) is 11.2. The summed E-state index contributed by atoms with van der Waals surface area (Å²) < 4.78 is 6.00. The Bertz CT molecular complexity index is 1970. The van der Waals surface area contributed by atoms with Crippen molar-refractivity contribution >= 4 is 21.9 Å². The van der Waals surface area contributed by atoms with Gasteiger partial charge in [0.05, 0.1) is 22.2 Å². The lowest BCUT2D eigenvalue weighted by molar-refractivity contribution is 0.660. The molecule has 0 aliphatic carbocycles. The first kappa shape index (κ1) is 22.8. The van der Waals surface area contributed by atoms with E-state index in [0.717, 1.165) is 39.2 Å². The predicted octanol–water partition coefficient (Wildman–Crippen LogP) is 8.40. The molecule has 0 aliphatic heterocycles. The molecule has 0 atom stereocenters. The lowest BCUT2D eigenvalue weighted by atomic mass is 9.99. The highest BCUT2D eigenvalue weighted by atomic mass is 16.3. The molecule has 184 valence electrons. The minimum absolute atomic E-state index is 0.0272. The van der Waals surface area contributed by atoms with Crippen molar-refractivity contribution in [2.24, 2.45) is 0 Å². The maximum Gasteiger partial charge on any atom is 0.200 e. The van der Waals surface area contributed by atoms with Crippen molar-refractivity contribution in [2.75, 3.05) is 0 Å². The van der Waals surface area contributed by atoms with Crippen LogP contribution in [-0.4, -0.2) is 9.97 Å². The van der Waals surface area contributed by atoms with Gasteiger partial charge in [-0.25, -0.2) is 9.97 Å². The van der Waals surface area contributed by atoms with Crippen molar-refractivity contribution in [3.05, 3.63) is 144 Å². The Morgan fingerprint density at radius 2 is 1.03 bits per heavy atom. The van der Waals surface area contributed by atoms with Gasteiger partial charge in [-0.3, -0.25) is 4.79 Å². The minimum atomic E-state index is -0.0272. The zero-order valence-electron chi connectivity index (χ0n) is 20.9. The van der Waals surface area contributed by atoms with Crippen LogP contribution in [0, 0.1) is 0 Å². The molecule has 4 nitrogen and oxygen atoms in total. The fourth-order valence-corrected chi connectivity index (χ4v) is 4.91. The van der Waals surface area contributed by atoms with Gasteiger partial charge in [0.2, 0.25) is 5.43 Å². The summed E-state index contributed by atoms with van der Waals surface area (Å²) in [5.41, 5.74) is 7.72. The Balaban J connectivity index is 1.36. The van der Waals surface area contributed by atoms with Crippen molar-refractivity contribution < 1.29 is 4.42 Å². The number of hydrogen-bond donors (Lipinski definition) is 0. The molecular formula is C35H22N2O2. The molecule has 39 heavy (non-hydrogen) atoms. The highest BCUT2D eigenvalue weighted by Gasteiger charge is 2.13. The molecule has 7 rings (SSSR count). The van der Waals surface area contributed by atoms with E-state index in [2.05, 4.69) is 24.3 Å². The van der Waals surface area contributed by atoms with E-state index in [9.17, 15) is 4.79 Å². The van der Waals surface area contributed by atoms with Crippen molar-refractivity contribution in [3.8, 4) is 45.0 Å². The van der Waals surface area contributed by atoms with Crippen LogP contribution in [-0.2, 0) is 0 Å². The lowest BCUT2D eigenvalue weighted by Crippen LogP contribution is -2.02. The van der Waals surface area contributed by atoms with Gasteiger partial charge in [-0.05, 0) is 47.5 Å². The van der Waals surface area contributed by atoms with Gasteiger partial charge in [-0.1, -0.05) is 97.1 Å². The summed E-state index contributed by atoms with van der Waals surface area (Å²) in [5, 5.41) is 1.15. The van der Waals surface area contributed by atoms with Crippen molar-refractivity contribution in [1.29, 1.82) is 0 Å². The van der Waals surface area contributed by atoms with Crippen molar-refractivity contribution in [1.82, 2.24) is 9.97 Å². The molecular weight excluding hydrogens is 480 g/mol. The molecule has 0 saturated carbocycles. The maximum absolute atomic E-state index is 13.2. The average molecular weight is 503 g/mol. The van der Waals surface area contributed by atoms with Gasteiger partial charge in [0, 0.05) is 16.7 Å². The molecule has 0 radical (unpaired) electrons. The number of aromatic nitrogens is 2. The summed E-state index contributed by atoms with van der Waals surface area (Å²) in [6.07, 6.45) is 0. The van der Waals surface area contributed by atoms with Crippen LogP contribution in [0.25, 0.3) is 67.0 Å². The molecule has 4 heteroatoms. The molecule has 7 aromatic rings. The molecule has 0 saturated heterocycles. The SMILES string of the molecule is O=c1c2ccccc2oc2ccc(-c3cccc(-c4cc(-c5ccccc5)nc(-c5ccccc5)n4)c3)cc12. The van der Waals surface area contributed by atoms with E-state index < -0.39 is 0 Å². The van der Waals surface area contributed by atoms with E-state index in [1.165, 1.54) is 0 Å². The number of nitrogens with zero attached hydrogens (tertiary/aromatic N) is 2.